The summed E-state index contributed by atoms with van der Waals surface area (Å²) in [6.45, 7) is 3.40. The van der Waals surface area contributed by atoms with E-state index >= 15 is 0 Å². The van der Waals surface area contributed by atoms with Gasteiger partial charge in [-0.15, -0.1) is 0 Å². The number of hydrogen-bond donors (Lipinski definition) is 1. The second-order valence-electron chi connectivity index (χ2n) is 6.84. The molecule has 0 unspecified atom stereocenters. The highest BCUT2D eigenvalue weighted by molar-refractivity contribution is 6.35. The van der Waals surface area contributed by atoms with E-state index in [1.165, 1.54) is 35.3 Å². The molecule has 5 rings (SSSR count). The largest absolute Gasteiger partial charge is 0.367 e. The fraction of sp³-hybridized carbons (Fsp3) is 0.368. The molecule has 118 valence electrons. The van der Waals surface area contributed by atoms with E-state index in [1.807, 2.05) is 12.1 Å². The Bertz CT molecular complexity index is 782. The van der Waals surface area contributed by atoms with Crippen molar-refractivity contribution in [3.8, 4) is 11.1 Å². The lowest BCUT2D eigenvalue weighted by atomic mass is 9.87. The summed E-state index contributed by atoms with van der Waals surface area (Å²) >= 11 is 12.4. The van der Waals surface area contributed by atoms with Gasteiger partial charge in [0.1, 0.15) is 0 Å². The zero-order valence-corrected chi connectivity index (χ0v) is 14.3. The van der Waals surface area contributed by atoms with E-state index in [1.54, 1.807) is 6.07 Å². The van der Waals surface area contributed by atoms with Crippen LogP contribution in [-0.2, 0) is 6.42 Å². The summed E-state index contributed by atoms with van der Waals surface area (Å²) in [5, 5.41) is 4.96. The van der Waals surface area contributed by atoms with Crippen molar-refractivity contribution in [2.24, 2.45) is 0 Å². The summed E-state index contributed by atoms with van der Waals surface area (Å²) in [6, 6.07) is 11.2. The minimum absolute atomic E-state index is 0.618. The third kappa shape index (κ3) is 2.12. The van der Waals surface area contributed by atoms with Gasteiger partial charge in [0.2, 0.25) is 0 Å². The zero-order chi connectivity index (χ0) is 15.6. The number of nitrogens with one attached hydrogen (secondary N) is 1. The molecule has 1 fully saturated rings. The standard InChI is InChI=1S/C19H18Cl2N2/c20-14-6-13(7-15(21)9-14)12-5-11-2-4-23-18-1-3-22-10-17(18)16(8-12)19(11)23/h5-9,17-18,22H,1-4,10H2/t17-,18-/m0/s1. The molecule has 23 heavy (non-hydrogen) atoms. The molecular formula is C19H18Cl2N2. The summed E-state index contributed by atoms with van der Waals surface area (Å²) in [5.74, 6) is 0.618. The van der Waals surface area contributed by atoms with Gasteiger partial charge in [-0.3, -0.25) is 0 Å². The predicted octanol–water partition coefficient (Wildman–Crippen LogP) is 4.48. The maximum Gasteiger partial charge on any atom is 0.0439 e. The molecule has 4 heteroatoms. The van der Waals surface area contributed by atoms with Gasteiger partial charge in [0, 0.05) is 40.8 Å². The van der Waals surface area contributed by atoms with Crippen LogP contribution in [0.25, 0.3) is 11.1 Å². The molecule has 1 saturated heterocycles. The number of hydrogen-bond acceptors (Lipinski definition) is 2. The molecule has 2 nitrogen and oxygen atoms in total. The topological polar surface area (TPSA) is 15.3 Å². The van der Waals surface area contributed by atoms with Crippen molar-refractivity contribution in [2.75, 3.05) is 24.5 Å². The molecule has 0 radical (unpaired) electrons. The second kappa shape index (κ2) is 5.14. The van der Waals surface area contributed by atoms with Crippen molar-refractivity contribution in [3.63, 3.8) is 0 Å². The maximum absolute atomic E-state index is 6.21. The minimum atomic E-state index is 0.618. The molecule has 2 atom stereocenters. The number of anilines is 1. The molecule has 0 spiro atoms. The van der Waals surface area contributed by atoms with Gasteiger partial charge in [-0.25, -0.2) is 0 Å². The molecule has 0 aliphatic carbocycles. The van der Waals surface area contributed by atoms with E-state index in [-0.39, 0.29) is 0 Å². The average Bonchev–Trinajstić information content (AvgIpc) is 3.10. The molecule has 1 N–H and O–H groups in total. The fourth-order valence-electron chi connectivity index (χ4n) is 4.65. The van der Waals surface area contributed by atoms with Crippen LogP contribution in [-0.4, -0.2) is 25.7 Å². The first-order chi connectivity index (χ1) is 11.2. The number of fused-ring (bicyclic) bond motifs is 3. The molecule has 0 bridgehead atoms. The van der Waals surface area contributed by atoms with Crippen LogP contribution in [0.1, 0.15) is 23.5 Å². The van der Waals surface area contributed by atoms with E-state index in [0.29, 0.717) is 22.0 Å². The highest BCUT2D eigenvalue weighted by Crippen LogP contribution is 2.49. The molecule has 0 amide bonds. The first-order valence-corrected chi connectivity index (χ1v) is 9.07. The Kier molecular flexibility index (Phi) is 3.16. The van der Waals surface area contributed by atoms with Crippen LogP contribution in [0.3, 0.4) is 0 Å². The molecule has 2 aromatic carbocycles. The third-order valence-corrected chi connectivity index (χ3v) is 6.01. The first-order valence-electron chi connectivity index (χ1n) is 8.31. The van der Waals surface area contributed by atoms with E-state index in [4.69, 9.17) is 23.2 Å². The zero-order valence-electron chi connectivity index (χ0n) is 12.8. The summed E-state index contributed by atoms with van der Waals surface area (Å²) in [5.41, 5.74) is 6.88. The van der Waals surface area contributed by atoms with Crippen LogP contribution in [0.5, 0.6) is 0 Å². The van der Waals surface area contributed by atoms with Gasteiger partial charge in [0.15, 0.2) is 0 Å². The number of rotatable bonds is 1. The van der Waals surface area contributed by atoms with Crippen LogP contribution in [0.4, 0.5) is 5.69 Å². The molecular weight excluding hydrogens is 327 g/mol. The van der Waals surface area contributed by atoms with Gasteiger partial charge in [0.25, 0.3) is 0 Å². The number of nitrogens with zero attached hydrogens (tertiary/aromatic N) is 1. The molecule has 0 aromatic heterocycles. The Hall–Kier alpha value is -1.22. The number of halogens is 2. The molecule has 3 heterocycles. The molecule has 0 saturated carbocycles. The Morgan fingerprint density at radius 2 is 1.78 bits per heavy atom. The normalized spacial score (nSPS) is 24.7. The lowest BCUT2D eigenvalue weighted by molar-refractivity contribution is 0.405. The van der Waals surface area contributed by atoms with E-state index in [9.17, 15) is 0 Å². The maximum atomic E-state index is 6.21. The van der Waals surface area contributed by atoms with Gasteiger partial charge in [-0.1, -0.05) is 23.2 Å². The average molecular weight is 345 g/mol. The van der Waals surface area contributed by atoms with Crippen molar-refractivity contribution in [3.05, 3.63) is 51.5 Å². The quantitative estimate of drug-likeness (QED) is 0.820. The van der Waals surface area contributed by atoms with Crippen molar-refractivity contribution in [1.82, 2.24) is 5.32 Å². The summed E-state index contributed by atoms with van der Waals surface area (Å²) in [4.78, 5) is 2.66. The summed E-state index contributed by atoms with van der Waals surface area (Å²) in [7, 11) is 0. The Morgan fingerprint density at radius 1 is 1.00 bits per heavy atom. The molecule has 3 aliphatic rings. The van der Waals surface area contributed by atoms with Crippen LogP contribution >= 0.6 is 23.2 Å². The van der Waals surface area contributed by atoms with Crippen molar-refractivity contribution < 1.29 is 0 Å². The van der Waals surface area contributed by atoms with Gasteiger partial charge in [-0.2, -0.15) is 0 Å². The van der Waals surface area contributed by atoms with E-state index < -0.39 is 0 Å². The number of piperidine rings is 1. The van der Waals surface area contributed by atoms with Crippen LogP contribution in [0.15, 0.2) is 30.3 Å². The fourth-order valence-corrected chi connectivity index (χ4v) is 5.18. The van der Waals surface area contributed by atoms with Crippen LogP contribution in [0, 0.1) is 0 Å². The first kappa shape index (κ1) is 14.2. The van der Waals surface area contributed by atoms with Gasteiger partial charge >= 0.3 is 0 Å². The van der Waals surface area contributed by atoms with Gasteiger partial charge < -0.3 is 10.2 Å². The lowest BCUT2D eigenvalue weighted by Crippen LogP contribution is -2.43. The van der Waals surface area contributed by atoms with Crippen molar-refractivity contribution >= 4 is 28.9 Å². The van der Waals surface area contributed by atoms with Crippen LogP contribution < -0.4 is 10.2 Å². The Labute approximate surface area is 146 Å². The van der Waals surface area contributed by atoms with E-state index in [0.717, 1.165) is 25.1 Å². The SMILES string of the molecule is Clc1cc(Cl)cc(-c2cc3c4c(c2)[C@@H]2CNCC[C@@H]2N4CC3)c1. The summed E-state index contributed by atoms with van der Waals surface area (Å²) < 4.78 is 0. The van der Waals surface area contributed by atoms with E-state index in [2.05, 4.69) is 22.3 Å². The summed E-state index contributed by atoms with van der Waals surface area (Å²) in [6.07, 6.45) is 2.40. The number of benzene rings is 2. The Morgan fingerprint density at radius 3 is 2.61 bits per heavy atom. The van der Waals surface area contributed by atoms with Crippen molar-refractivity contribution in [2.45, 2.75) is 24.8 Å². The third-order valence-electron chi connectivity index (χ3n) is 5.57. The van der Waals surface area contributed by atoms with Crippen LogP contribution in [0.2, 0.25) is 10.0 Å². The Balaban J connectivity index is 1.67. The highest BCUT2D eigenvalue weighted by Gasteiger charge is 2.43. The van der Waals surface area contributed by atoms with Crippen molar-refractivity contribution in [1.29, 1.82) is 0 Å². The second-order valence-corrected chi connectivity index (χ2v) is 7.71. The minimum Gasteiger partial charge on any atom is -0.367 e. The van der Waals surface area contributed by atoms with Gasteiger partial charge in [-0.05, 0) is 72.0 Å². The highest BCUT2D eigenvalue weighted by atomic mass is 35.5. The smallest absolute Gasteiger partial charge is 0.0439 e. The van der Waals surface area contributed by atoms with Gasteiger partial charge in [0.05, 0.1) is 0 Å². The predicted molar refractivity (Wildman–Crippen MR) is 97.0 cm³/mol. The monoisotopic (exact) mass is 344 g/mol. The molecule has 2 aromatic rings. The molecule has 3 aliphatic heterocycles. The lowest BCUT2D eigenvalue weighted by Gasteiger charge is -2.32.